The minimum absolute atomic E-state index is 0.379. The number of esters is 1. The van der Waals surface area contributed by atoms with Gasteiger partial charge in [-0.15, -0.1) is 11.6 Å². The summed E-state index contributed by atoms with van der Waals surface area (Å²) in [5, 5.41) is -0.601. The third-order valence-electron chi connectivity index (χ3n) is 2.15. The highest BCUT2D eigenvalue weighted by atomic mass is 35.5. The van der Waals surface area contributed by atoms with Crippen LogP contribution in [0.5, 0.6) is 0 Å². The maximum absolute atomic E-state index is 11.1. The van der Waals surface area contributed by atoms with Crippen LogP contribution >= 0.6 is 11.6 Å². The van der Waals surface area contributed by atoms with Gasteiger partial charge in [-0.1, -0.05) is 29.3 Å². The highest BCUT2D eigenvalue weighted by Crippen LogP contribution is 2.14. The van der Waals surface area contributed by atoms with Crippen molar-refractivity contribution in [2.75, 3.05) is 7.11 Å². The number of carbonyl (C=O) groups excluding carboxylic acids is 1. The summed E-state index contributed by atoms with van der Waals surface area (Å²) in [6.07, 6.45) is 0.511. The molecule has 0 heterocycles. The fraction of sp³-hybridized carbons (Fsp3) is 0.417. The van der Waals surface area contributed by atoms with Crippen molar-refractivity contribution in [3.8, 4) is 0 Å². The Kier molecular flexibility index (Phi) is 4.15. The smallest absolute Gasteiger partial charge is 0.324 e. The van der Waals surface area contributed by atoms with E-state index in [9.17, 15) is 4.79 Å². The topological polar surface area (TPSA) is 26.3 Å². The number of hydrogen-bond acceptors (Lipinski definition) is 2. The van der Waals surface area contributed by atoms with Crippen molar-refractivity contribution in [1.82, 2.24) is 0 Å². The quantitative estimate of drug-likeness (QED) is 0.585. The maximum atomic E-state index is 11.1. The van der Waals surface area contributed by atoms with E-state index in [0.717, 1.165) is 5.56 Å². The van der Waals surface area contributed by atoms with Crippen LogP contribution in [-0.2, 0) is 16.0 Å². The van der Waals surface area contributed by atoms with Gasteiger partial charge in [0.15, 0.2) is 0 Å². The molecule has 0 saturated heterocycles. The number of carbonyl (C=O) groups is 1. The second kappa shape index (κ2) is 5.17. The molecule has 0 aromatic heterocycles. The van der Waals surface area contributed by atoms with Gasteiger partial charge in [0.05, 0.1) is 7.11 Å². The van der Waals surface area contributed by atoms with Crippen LogP contribution in [0.25, 0.3) is 0 Å². The maximum Gasteiger partial charge on any atom is 0.324 e. The lowest BCUT2D eigenvalue weighted by Crippen LogP contribution is -2.18. The SMILES string of the molecule is COC(=O)C(Cl)Cc1cc(C)cc(C)c1. The number of rotatable bonds is 3. The lowest BCUT2D eigenvalue weighted by atomic mass is 10.0. The summed E-state index contributed by atoms with van der Waals surface area (Å²) < 4.78 is 4.57. The Hall–Kier alpha value is -1.02. The van der Waals surface area contributed by atoms with E-state index in [1.807, 2.05) is 26.0 Å². The van der Waals surface area contributed by atoms with E-state index in [1.165, 1.54) is 18.2 Å². The van der Waals surface area contributed by atoms with Crippen molar-refractivity contribution >= 4 is 17.6 Å². The minimum atomic E-state index is -0.601. The van der Waals surface area contributed by atoms with Gasteiger partial charge in [-0.2, -0.15) is 0 Å². The molecular weight excluding hydrogens is 212 g/mol. The molecule has 0 N–H and O–H groups in total. The predicted molar refractivity (Wildman–Crippen MR) is 61.3 cm³/mol. The molecule has 0 aliphatic carbocycles. The number of benzene rings is 1. The molecule has 1 unspecified atom stereocenters. The Morgan fingerprint density at radius 2 is 1.87 bits per heavy atom. The first-order valence-corrected chi connectivity index (χ1v) is 5.25. The number of aryl methyl sites for hydroxylation is 2. The third kappa shape index (κ3) is 3.56. The molecule has 1 rings (SSSR count). The molecule has 0 aliphatic rings. The predicted octanol–water partition coefficient (Wildman–Crippen LogP) is 2.63. The van der Waals surface area contributed by atoms with Gasteiger partial charge >= 0.3 is 5.97 Å². The molecule has 0 saturated carbocycles. The molecule has 0 bridgehead atoms. The van der Waals surface area contributed by atoms with E-state index in [4.69, 9.17) is 11.6 Å². The van der Waals surface area contributed by atoms with E-state index >= 15 is 0 Å². The van der Waals surface area contributed by atoms with Crippen molar-refractivity contribution in [3.05, 3.63) is 34.9 Å². The normalized spacial score (nSPS) is 12.3. The Labute approximate surface area is 95.2 Å². The second-order valence-corrected chi connectivity index (χ2v) is 4.22. The van der Waals surface area contributed by atoms with Crippen LogP contribution in [0.1, 0.15) is 16.7 Å². The zero-order valence-corrected chi connectivity index (χ0v) is 9.97. The number of ether oxygens (including phenoxy) is 1. The molecule has 0 amide bonds. The van der Waals surface area contributed by atoms with Crippen molar-refractivity contribution in [3.63, 3.8) is 0 Å². The van der Waals surface area contributed by atoms with Gasteiger partial charge in [0.25, 0.3) is 0 Å². The number of hydrogen-bond donors (Lipinski definition) is 0. The Morgan fingerprint density at radius 1 is 1.33 bits per heavy atom. The molecule has 1 atom stereocenters. The highest BCUT2D eigenvalue weighted by Gasteiger charge is 2.16. The summed E-state index contributed by atoms with van der Waals surface area (Å²) >= 11 is 5.90. The molecule has 1 aromatic rings. The fourth-order valence-corrected chi connectivity index (χ4v) is 1.87. The van der Waals surface area contributed by atoms with Gasteiger partial charge in [0, 0.05) is 0 Å². The van der Waals surface area contributed by atoms with E-state index in [1.54, 1.807) is 0 Å². The molecule has 0 fully saturated rings. The Morgan fingerprint density at radius 3 is 2.33 bits per heavy atom. The van der Waals surface area contributed by atoms with Crippen LogP contribution in [0.15, 0.2) is 18.2 Å². The van der Waals surface area contributed by atoms with E-state index < -0.39 is 5.38 Å². The molecule has 82 valence electrons. The van der Waals surface area contributed by atoms with Gasteiger partial charge in [0.2, 0.25) is 0 Å². The average Bonchev–Trinajstić information content (AvgIpc) is 2.14. The summed E-state index contributed by atoms with van der Waals surface area (Å²) in [4.78, 5) is 11.1. The first-order chi connectivity index (χ1) is 7.02. The Balaban J connectivity index is 2.76. The first kappa shape index (κ1) is 12.1. The molecule has 1 aromatic carbocycles. The molecule has 15 heavy (non-hydrogen) atoms. The van der Waals surface area contributed by atoms with Gasteiger partial charge < -0.3 is 4.74 Å². The molecule has 0 spiro atoms. The lowest BCUT2D eigenvalue weighted by Gasteiger charge is -2.08. The van der Waals surface area contributed by atoms with E-state index in [2.05, 4.69) is 10.8 Å². The van der Waals surface area contributed by atoms with E-state index in [-0.39, 0.29) is 5.97 Å². The van der Waals surface area contributed by atoms with Gasteiger partial charge in [-0.3, -0.25) is 4.79 Å². The van der Waals surface area contributed by atoms with Crippen molar-refractivity contribution in [2.24, 2.45) is 0 Å². The van der Waals surface area contributed by atoms with Crippen LogP contribution in [0.2, 0.25) is 0 Å². The number of alkyl halides is 1. The van der Waals surface area contributed by atoms with Crippen LogP contribution in [0.4, 0.5) is 0 Å². The molecule has 0 radical (unpaired) electrons. The third-order valence-corrected chi connectivity index (χ3v) is 2.49. The number of methoxy groups -OCH3 is 1. The molecular formula is C12H15ClO2. The first-order valence-electron chi connectivity index (χ1n) is 4.82. The highest BCUT2D eigenvalue weighted by molar-refractivity contribution is 6.30. The van der Waals surface area contributed by atoms with Crippen LogP contribution in [0, 0.1) is 13.8 Å². The summed E-state index contributed by atoms with van der Waals surface area (Å²) in [6.45, 7) is 4.05. The molecule has 2 nitrogen and oxygen atoms in total. The van der Waals surface area contributed by atoms with Gasteiger partial charge in [0.1, 0.15) is 5.38 Å². The zero-order chi connectivity index (χ0) is 11.4. The zero-order valence-electron chi connectivity index (χ0n) is 9.21. The second-order valence-electron chi connectivity index (χ2n) is 3.69. The lowest BCUT2D eigenvalue weighted by molar-refractivity contribution is -0.140. The van der Waals surface area contributed by atoms with Crippen molar-refractivity contribution in [2.45, 2.75) is 25.6 Å². The van der Waals surface area contributed by atoms with E-state index in [0.29, 0.717) is 6.42 Å². The standard InChI is InChI=1S/C12H15ClO2/c1-8-4-9(2)6-10(5-8)7-11(13)12(14)15-3/h4-6,11H,7H2,1-3H3. The number of halogens is 1. The van der Waals surface area contributed by atoms with Crippen molar-refractivity contribution < 1.29 is 9.53 Å². The Bertz CT molecular complexity index is 340. The fourth-order valence-electron chi connectivity index (χ4n) is 1.60. The minimum Gasteiger partial charge on any atom is -0.468 e. The van der Waals surface area contributed by atoms with Crippen molar-refractivity contribution in [1.29, 1.82) is 0 Å². The summed E-state index contributed by atoms with van der Waals surface area (Å²) in [7, 11) is 1.35. The summed E-state index contributed by atoms with van der Waals surface area (Å²) in [5.74, 6) is -0.379. The molecule has 3 heteroatoms. The largest absolute Gasteiger partial charge is 0.468 e. The van der Waals surface area contributed by atoms with Crippen LogP contribution in [-0.4, -0.2) is 18.5 Å². The van der Waals surface area contributed by atoms with Crippen LogP contribution in [0.3, 0.4) is 0 Å². The molecule has 0 aliphatic heterocycles. The summed E-state index contributed by atoms with van der Waals surface area (Å²) in [6, 6.07) is 6.15. The van der Waals surface area contributed by atoms with Gasteiger partial charge in [-0.05, 0) is 25.8 Å². The summed E-state index contributed by atoms with van der Waals surface area (Å²) in [5.41, 5.74) is 3.43. The monoisotopic (exact) mass is 226 g/mol. The van der Waals surface area contributed by atoms with Gasteiger partial charge in [-0.25, -0.2) is 0 Å². The average molecular weight is 227 g/mol. The van der Waals surface area contributed by atoms with Crippen LogP contribution < -0.4 is 0 Å².